The third-order valence-electron chi connectivity index (χ3n) is 3.70. The molecule has 0 radical (unpaired) electrons. The van der Waals surface area contributed by atoms with E-state index in [1.165, 1.54) is 0 Å². The number of nitrogens with zero attached hydrogens (tertiary/aromatic N) is 3. The first-order valence-corrected chi connectivity index (χ1v) is 7.70. The van der Waals surface area contributed by atoms with Gasteiger partial charge in [-0.25, -0.2) is 4.79 Å². The summed E-state index contributed by atoms with van der Waals surface area (Å²) in [4.78, 5) is 28.0. The molecule has 6 heteroatoms. The van der Waals surface area contributed by atoms with E-state index in [0.717, 1.165) is 0 Å². The summed E-state index contributed by atoms with van der Waals surface area (Å²) < 4.78 is 1.86. The average molecular weight is 306 g/mol. The summed E-state index contributed by atoms with van der Waals surface area (Å²) in [5, 5.41) is 2.95. The van der Waals surface area contributed by atoms with Crippen LogP contribution < -0.4 is 5.32 Å². The van der Waals surface area contributed by atoms with Crippen LogP contribution in [0.4, 0.5) is 4.79 Å². The Morgan fingerprint density at radius 3 is 2.23 bits per heavy atom. The van der Waals surface area contributed by atoms with E-state index in [1.54, 1.807) is 4.90 Å². The second-order valence-corrected chi connectivity index (χ2v) is 7.06. The molecule has 0 saturated carbocycles. The molecule has 1 aliphatic heterocycles. The molecule has 0 unspecified atom stereocenters. The lowest BCUT2D eigenvalue weighted by Gasteiger charge is -2.35. The molecule has 2 heterocycles. The normalized spacial score (nSPS) is 15.8. The van der Waals surface area contributed by atoms with Crippen LogP contribution in [0.15, 0.2) is 18.5 Å². The lowest BCUT2D eigenvalue weighted by Crippen LogP contribution is -2.53. The highest BCUT2D eigenvalue weighted by molar-refractivity contribution is 5.94. The van der Waals surface area contributed by atoms with Gasteiger partial charge in [0.05, 0.1) is 5.56 Å². The zero-order valence-electron chi connectivity index (χ0n) is 13.9. The smallest absolute Gasteiger partial charge is 0.317 e. The molecule has 1 aliphatic rings. The van der Waals surface area contributed by atoms with E-state index in [4.69, 9.17) is 0 Å². The Morgan fingerprint density at radius 2 is 1.73 bits per heavy atom. The fourth-order valence-electron chi connectivity index (χ4n) is 2.38. The summed E-state index contributed by atoms with van der Waals surface area (Å²) in [6.45, 7) is 9.22. The maximum Gasteiger partial charge on any atom is 0.317 e. The van der Waals surface area contributed by atoms with Gasteiger partial charge in [0.1, 0.15) is 0 Å². The molecule has 1 fully saturated rings. The van der Waals surface area contributed by atoms with E-state index in [1.807, 2.05) is 35.0 Å². The van der Waals surface area contributed by atoms with Crippen molar-refractivity contribution in [3.8, 4) is 0 Å². The Morgan fingerprint density at radius 1 is 1.14 bits per heavy atom. The van der Waals surface area contributed by atoms with E-state index < -0.39 is 0 Å². The van der Waals surface area contributed by atoms with Crippen molar-refractivity contribution in [2.75, 3.05) is 32.7 Å². The lowest BCUT2D eigenvalue weighted by molar-refractivity contribution is 0.0664. The third-order valence-corrected chi connectivity index (χ3v) is 3.70. The zero-order chi connectivity index (χ0) is 16.3. The number of carbonyl (C=O) groups is 2. The first-order valence-electron chi connectivity index (χ1n) is 7.70. The second kappa shape index (κ2) is 6.42. The predicted octanol–water partition coefficient (Wildman–Crippen LogP) is 1.54. The van der Waals surface area contributed by atoms with Gasteiger partial charge in [0.25, 0.3) is 5.91 Å². The van der Waals surface area contributed by atoms with Gasteiger partial charge in [0.15, 0.2) is 0 Å². The fourth-order valence-corrected chi connectivity index (χ4v) is 2.38. The minimum atomic E-state index is -0.0401. The van der Waals surface area contributed by atoms with Crippen molar-refractivity contribution in [1.29, 1.82) is 0 Å². The van der Waals surface area contributed by atoms with Crippen LogP contribution in [-0.2, 0) is 7.05 Å². The molecule has 22 heavy (non-hydrogen) atoms. The van der Waals surface area contributed by atoms with Gasteiger partial charge in [-0.1, -0.05) is 20.8 Å². The number of amides is 3. The van der Waals surface area contributed by atoms with Crippen LogP contribution in [0, 0.1) is 5.41 Å². The topological polar surface area (TPSA) is 57.6 Å². The summed E-state index contributed by atoms with van der Waals surface area (Å²) in [5.74, 6) is 0.0374. The molecule has 0 atom stereocenters. The van der Waals surface area contributed by atoms with E-state index in [2.05, 4.69) is 26.1 Å². The number of carbonyl (C=O) groups excluding carboxylic acids is 2. The first kappa shape index (κ1) is 16.4. The molecular formula is C16H26N4O2. The summed E-state index contributed by atoms with van der Waals surface area (Å²) >= 11 is 0. The summed E-state index contributed by atoms with van der Waals surface area (Å²) in [7, 11) is 1.90. The van der Waals surface area contributed by atoms with Gasteiger partial charge in [0, 0.05) is 52.2 Å². The van der Waals surface area contributed by atoms with Gasteiger partial charge in [-0.2, -0.15) is 0 Å². The van der Waals surface area contributed by atoms with Crippen LogP contribution >= 0.6 is 0 Å². The Kier molecular flexibility index (Phi) is 4.78. The monoisotopic (exact) mass is 306 g/mol. The Bertz CT molecular complexity index is 537. The average Bonchev–Trinajstić information content (AvgIpc) is 2.90. The highest BCUT2D eigenvalue weighted by Crippen LogP contribution is 2.12. The fraction of sp³-hybridized carbons (Fsp3) is 0.625. The van der Waals surface area contributed by atoms with E-state index >= 15 is 0 Å². The number of rotatable bonds is 2. The molecule has 0 spiro atoms. The van der Waals surface area contributed by atoms with Gasteiger partial charge in [-0.15, -0.1) is 0 Å². The van der Waals surface area contributed by atoms with Crippen molar-refractivity contribution < 1.29 is 9.59 Å². The SMILES string of the molecule is Cn1ccc(C(=O)N2CCN(C(=O)NCC(C)(C)C)CC2)c1. The van der Waals surface area contributed by atoms with Crippen LogP contribution in [-0.4, -0.2) is 59.0 Å². The number of hydrogen-bond acceptors (Lipinski definition) is 2. The summed E-state index contributed by atoms with van der Waals surface area (Å²) in [6, 6.07) is 1.78. The van der Waals surface area contributed by atoms with Crippen molar-refractivity contribution >= 4 is 11.9 Å². The molecule has 1 N–H and O–H groups in total. The van der Waals surface area contributed by atoms with Crippen LogP contribution in [0.2, 0.25) is 0 Å². The number of piperazine rings is 1. The Balaban J connectivity index is 1.82. The van der Waals surface area contributed by atoms with Crippen molar-refractivity contribution in [2.45, 2.75) is 20.8 Å². The number of nitrogens with one attached hydrogen (secondary N) is 1. The van der Waals surface area contributed by atoms with Crippen molar-refractivity contribution in [3.63, 3.8) is 0 Å². The van der Waals surface area contributed by atoms with Crippen LogP contribution in [0.1, 0.15) is 31.1 Å². The summed E-state index contributed by atoms with van der Waals surface area (Å²) in [5.41, 5.74) is 0.772. The highest BCUT2D eigenvalue weighted by atomic mass is 16.2. The molecule has 0 bridgehead atoms. The quantitative estimate of drug-likeness (QED) is 0.901. The Hall–Kier alpha value is -1.98. The zero-order valence-corrected chi connectivity index (χ0v) is 13.9. The molecule has 6 nitrogen and oxygen atoms in total. The van der Waals surface area contributed by atoms with Gasteiger partial charge < -0.3 is 19.7 Å². The van der Waals surface area contributed by atoms with Crippen LogP contribution in [0.25, 0.3) is 0 Å². The highest BCUT2D eigenvalue weighted by Gasteiger charge is 2.25. The molecule has 0 aliphatic carbocycles. The predicted molar refractivity (Wildman–Crippen MR) is 85.7 cm³/mol. The molecule has 1 aromatic rings. The maximum atomic E-state index is 12.3. The molecule has 0 aromatic carbocycles. The summed E-state index contributed by atoms with van der Waals surface area (Å²) in [6.07, 6.45) is 3.69. The number of urea groups is 1. The van der Waals surface area contributed by atoms with Gasteiger partial charge >= 0.3 is 6.03 Å². The van der Waals surface area contributed by atoms with E-state index in [-0.39, 0.29) is 17.4 Å². The number of aromatic nitrogens is 1. The maximum absolute atomic E-state index is 12.3. The molecule has 3 amide bonds. The van der Waals surface area contributed by atoms with Crippen LogP contribution in [0.3, 0.4) is 0 Å². The van der Waals surface area contributed by atoms with Crippen LogP contribution in [0.5, 0.6) is 0 Å². The number of aryl methyl sites for hydroxylation is 1. The Labute approximate surface area is 132 Å². The number of hydrogen-bond donors (Lipinski definition) is 1. The van der Waals surface area contributed by atoms with Crippen molar-refractivity contribution in [2.24, 2.45) is 12.5 Å². The standard InChI is InChI=1S/C16H26N4O2/c1-16(2,3)12-17-15(22)20-9-7-19(8-10-20)14(21)13-5-6-18(4)11-13/h5-6,11H,7-10,12H2,1-4H3,(H,17,22). The minimum absolute atomic E-state index is 0.0374. The van der Waals surface area contributed by atoms with Gasteiger partial charge in [-0.05, 0) is 11.5 Å². The molecule has 1 saturated heterocycles. The lowest BCUT2D eigenvalue weighted by atomic mass is 9.97. The third kappa shape index (κ3) is 4.26. The second-order valence-electron chi connectivity index (χ2n) is 7.06. The van der Waals surface area contributed by atoms with Crippen molar-refractivity contribution in [3.05, 3.63) is 24.0 Å². The van der Waals surface area contributed by atoms with E-state index in [0.29, 0.717) is 38.3 Å². The van der Waals surface area contributed by atoms with Crippen molar-refractivity contribution in [1.82, 2.24) is 19.7 Å². The molecular weight excluding hydrogens is 280 g/mol. The first-order chi connectivity index (χ1) is 10.3. The molecule has 2 rings (SSSR count). The van der Waals surface area contributed by atoms with E-state index in [9.17, 15) is 9.59 Å². The largest absolute Gasteiger partial charge is 0.356 e. The minimum Gasteiger partial charge on any atom is -0.356 e. The van der Waals surface area contributed by atoms with Gasteiger partial charge in [0.2, 0.25) is 0 Å². The molecule has 1 aromatic heterocycles. The van der Waals surface area contributed by atoms with Gasteiger partial charge in [-0.3, -0.25) is 4.79 Å². The molecule has 122 valence electrons.